The lowest BCUT2D eigenvalue weighted by Gasteiger charge is -2.09. The van der Waals surface area contributed by atoms with Crippen molar-refractivity contribution in [3.8, 4) is 23.1 Å². The normalized spacial score (nSPS) is 10.7. The third-order valence-electron chi connectivity index (χ3n) is 4.26. The molecule has 0 bridgehead atoms. The Labute approximate surface area is 155 Å². The molecule has 0 aliphatic rings. The molecule has 4 aromatic rings. The molecule has 4 rings (SSSR count). The van der Waals surface area contributed by atoms with Gasteiger partial charge in [-0.25, -0.2) is 9.37 Å². The van der Waals surface area contributed by atoms with Crippen LogP contribution in [0.3, 0.4) is 0 Å². The molecule has 2 heterocycles. The van der Waals surface area contributed by atoms with Crippen LogP contribution in [0, 0.1) is 17.1 Å². The maximum atomic E-state index is 13.1. The topological polar surface area (TPSA) is 73.3 Å². The second kappa shape index (κ2) is 6.81. The first-order valence-corrected chi connectivity index (χ1v) is 8.34. The number of benzene rings is 2. The zero-order valence-electron chi connectivity index (χ0n) is 14.2. The molecule has 0 fully saturated rings. The Kier molecular flexibility index (Phi) is 4.19. The molecule has 2 aromatic carbocycles. The Morgan fingerprint density at radius 2 is 1.78 bits per heavy atom. The largest absolute Gasteiger partial charge is 0.508 e. The third kappa shape index (κ3) is 3.31. The first-order chi connectivity index (χ1) is 13.1. The molecule has 0 unspecified atom stereocenters. The van der Waals surface area contributed by atoms with Gasteiger partial charge in [0.15, 0.2) is 0 Å². The molecule has 6 heteroatoms. The van der Waals surface area contributed by atoms with Gasteiger partial charge in [0.1, 0.15) is 34.8 Å². The van der Waals surface area contributed by atoms with E-state index in [1.807, 2.05) is 4.40 Å². The summed E-state index contributed by atoms with van der Waals surface area (Å²) in [4.78, 5) is 4.66. The Balaban J connectivity index is 1.79. The SMILES string of the molecule is N#Cc1ccc2nc(-c3ccc(O)cc3)c(NCc3ccc(F)cc3)n2c1. The number of imidazole rings is 1. The molecule has 0 radical (unpaired) electrons. The van der Waals surface area contributed by atoms with E-state index in [0.717, 1.165) is 16.9 Å². The van der Waals surface area contributed by atoms with E-state index in [9.17, 15) is 14.8 Å². The molecule has 2 aromatic heterocycles. The standard InChI is InChI=1S/C21H15FN4O/c22-17-6-1-14(2-7-17)12-24-21-20(16-4-8-18(27)9-5-16)25-19-10-3-15(11-23)13-26(19)21/h1-10,13,24,27H,12H2. The number of hydrogen-bond donors (Lipinski definition) is 2. The summed E-state index contributed by atoms with van der Waals surface area (Å²) in [5.74, 6) is 0.615. The first-order valence-electron chi connectivity index (χ1n) is 8.34. The highest BCUT2D eigenvalue weighted by molar-refractivity contribution is 5.77. The van der Waals surface area contributed by atoms with Gasteiger partial charge in [-0.15, -0.1) is 0 Å². The number of nitriles is 1. The predicted molar refractivity (Wildman–Crippen MR) is 101 cm³/mol. The molecule has 0 saturated carbocycles. The molecule has 27 heavy (non-hydrogen) atoms. The number of hydrogen-bond acceptors (Lipinski definition) is 4. The summed E-state index contributed by atoms with van der Waals surface area (Å²) >= 11 is 0. The van der Waals surface area contributed by atoms with E-state index in [2.05, 4.69) is 16.4 Å². The zero-order valence-corrected chi connectivity index (χ0v) is 14.2. The van der Waals surface area contributed by atoms with E-state index in [1.165, 1.54) is 12.1 Å². The summed E-state index contributed by atoms with van der Waals surface area (Å²) < 4.78 is 14.9. The zero-order chi connectivity index (χ0) is 18.8. The van der Waals surface area contributed by atoms with E-state index in [1.54, 1.807) is 54.7 Å². The van der Waals surface area contributed by atoms with Gasteiger partial charge >= 0.3 is 0 Å². The van der Waals surface area contributed by atoms with Crippen LogP contribution in [0.2, 0.25) is 0 Å². The fourth-order valence-corrected chi connectivity index (χ4v) is 2.89. The lowest BCUT2D eigenvalue weighted by molar-refractivity contribution is 0.475. The van der Waals surface area contributed by atoms with Crippen molar-refractivity contribution in [3.05, 3.63) is 83.8 Å². The summed E-state index contributed by atoms with van der Waals surface area (Å²) in [5.41, 5.74) is 3.66. The van der Waals surface area contributed by atoms with Gasteiger partial charge in [0.25, 0.3) is 0 Å². The second-order valence-electron chi connectivity index (χ2n) is 6.09. The van der Waals surface area contributed by atoms with E-state index in [-0.39, 0.29) is 11.6 Å². The van der Waals surface area contributed by atoms with Gasteiger partial charge in [-0.2, -0.15) is 5.26 Å². The van der Waals surface area contributed by atoms with Crippen molar-refractivity contribution in [2.24, 2.45) is 0 Å². The van der Waals surface area contributed by atoms with Crippen molar-refractivity contribution < 1.29 is 9.50 Å². The fraction of sp³-hybridized carbons (Fsp3) is 0.0476. The van der Waals surface area contributed by atoms with E-state index < -0.39 is 0 Å². The molecule has 0 aliphatic heterocycles. The van der Waals surface area contributed by atoms with Gasteiger partial charge in [-0.05, 0) is 54.1 Å². The Bertz CT molecular complexity index is 1140. The minimum atomic E-state index is -0.281. The van der Waals surface area contributed by atoms with Gasteiger partial charge in [0.05, 0.1) is 5.56 Å². The Morgan fingerprint density at radius 3 is 2.48 bits per heavy atom. The van der Waals surface area contributed by atoms with E-state index in [4.69, 9.17) is 0 Å². The van der Waals surface area contributed by atoms with Crippen LogP contribution < -0.4 is 5.32 Å². The Morgan fingerprint density at radius 1 is 1.04 bits per heavy atom. The molecule has 2 N–H and O–H groups in total. The minimum absolute atomic E-state index is 0.176. The van der Waals surface area contributed by atoms with Crippen molar-refractivity contribution in [2.45, 2.75) is 6.54 Å². The minimum Gasteiger partial charge on any atom is -0.508 e. The summed E-state index contributed by atoms with van der Waals surface area (Å²) in [6, 6.07) is 18.7. The average Bonchev–Trinajstić information content (AvgIpc) is 3.05. The second-order valence-corrected chi connectivity index (χ2v) is 6.09. The maximum absolute atomic E-state index is 13.1. The lowest BCUT2D eigenvalue weighted by atomic mass is 10.1. The van der Waals surface area contributed by atoms with Crippen molar-refractivity contribution in [1.82, 2.24) is 9.38 Å². The van der Waals surface area contributed by atoms with Crippen LogP contribution in [-0.2, 0) is 6.54 Å². The van der Waals surface area contributed by atoms with Crippen molar-refractivity contribution >= 4 is 11.5 Å². The number of rotatable bonds is 4. The summed E-state index contributed by atoms with van der Waals surface area (Å²) in [6.07, 6.45) is 1.72. The van der Waals surface area contributed by atoms with E-state index >= 15 is 0 Å². The number of aromatic hydroxyl groups is 1. The summed E-state index contributed by atoms with van der Waals surface area (Å²) in [7, 11) is 0. The molecule has 5 nitrogen and oxygen atoms in total. The van der Waals surface area contributed by atoms with Crippen LogP contribution in [0.25, 0.3) is 16.9 Å². The number of phenolic OH excluding ortho intramolecular Hbond substituents is 1. The van der Waals surface area contributed by atoms with Crippen LogP contribution in [0.15, 0.2) is 66.9 Å². The predicted octanol–water partition coefficient (Wildman–Crippen LogP) is 4.33. The molecular formula is C21H15FN4O. The molecule has 0 aliphatic carbocycles. The van der Waals surface area contributed by atoms with Crippen molar-refractivity contribution in [3.63, 3.8) is 0 Å². The first kappa shape index (κ1) is 16.6. The number of aromatic nitrogens is 2. The molecule has 132 valence electrons. The van der Waals surface area contributed by atoms with Crippen molar-refractivity contribution in [2.75, 3.05) is 5.32 Å². The molecule has 0 atom stereocenters. The van der Waals surface area contributed by atoms with Gasteiger partial charge < -0.3 is 10.4 Å². The number of fused-ring (bicyclic) bond motifs is 1. The number of nitrogens with zero attached hydrogens (tertiary/aromatic N) is 3. The Hall–Kier alpha value is -3.85. The van der Waals surface area contributed by atoms with Gasteiger partial charge in [0, 0.05) is 18.3 Å². The average molecular weight is 358 g/mol. The van der Waals surface area contributed by atoms with Crippen LogP contribution >= 0.6 is 0 Å². The fourth-order valence-electron chi connectivity index (χ4n) is 2.89. The number of anilines is 1. The number of pyridine rings is 1. The van der Waals surface area contributed by atoms with Gasteiger partial charge in [-0.3, -0.25) is 4.40 Å². The maximum Gasteiger partial charge on any atom is 0.139 e. The molecule has 0 amide bonds. The molecule has 0 spiro atoms. The number of halogens is 1. The summed E-state index contributed by atoms with van der Waals surface area (Å²) in [6.45, 7) is 0.468. The van der Waals surface area contributed by atoms with Crippen LogP contribution in [0.4, 0.5) is 10.2 Å². The smallest absolute Gasteiger partial charge is 0.139 e. The van der Waals surface area contributed by atoms with Crippen LogP contribution in [0.5, 0.6) is 5.75 Å². The van der Waals surface area contributed by atoms with Crippen LogP contribution in [-0.4, -0.2) is 14.5 Å². The quantitative estimate of drug-likeness (QED) is 0.569. The highest BCUT2D eigenvalue weighted by Gasteiger charge is 2.14. The van der Waals surface area contributed by atoms with E-state index in [0.29, 0.717) is 23.4 Å². The molecular weight excluding hydrogens is 343 g/mol. The monoisotopic (exact) mass is 358 g/mol. The van der Waals surface area contributed by atoms with Crippen LogP contribution in [0.1, 0.15) is 11.1 Å². The highest BCUT2D eigenvalue weighted by Crippen LogP contribution is 2.30. The van der Waals surface area contributed by atoms with Crippen molar-refractivity contribution in [1.29, 1.82) is 5.26 Å². The number of phenols is 1. The lowest BCUT2D eigenvalue weighted by Crippen LogP contribution is -2.03. The summed E-state index contributed by atoms with van der Waals surface area (Å²) in [5, 5.41) is 22.1. The highest BCUT2D eigenvalue weighted by atomic mass is 19.1. The molecule has 0 saturated heterocycles. The number of nitrogens with one attached hydrogen (secondary N) is 1. The van der Waals surface area contributed by atoms with Gasteiger partial charge in [0.2, 0.25) is 0 Å². The van der Waals surface area contributed by atoms with Gasteiger partial charge in [-0.1, -0.05) is 12.1 Å². The third-order valence-corrected chi connectivity index (χ3v) is 4.26.